The molecule has 1 heterocycles. The van der Waals surface area contributed by atoms with E-state index < -0.39 is 0 Å². The molecule has 2 rings (SSSR count). The summed E-state index contributed by atoms with van der Waals surface area (Å²) in [6.45, 7) is 4.08. The number of rotatable bonds is 3. The molecule has 0 bridgehead atoms. The van der Waals surface area contributed by atoms with Gasteiger partial charge in [-0.05, 0) is 31.5 Å². The molecule has 1 aromatic heterocycles. The van der Waals surface area contributed by atoms with Crippen LogP contribution in [0.4, 0.5) is 5.69 Å². The van der Waals surface area contributed by atoms with Gasteiger partial charge in [0, 0.05) is 12.6 Å². The van der Waals surface area contributed by atoms with Crippen molar-refractivity contribution in [1.82, 2.24) is 10.2 Å². The van der Waals surface area contributed by atoms with Gasteiger partial charge in [0.2, 0.25) is 0 Å². The summed E-state index contributed by atoms with van der Waals surface area (Å²) in [5, 5.41) is 16.9. The summed E-state index contributed by atoms with van der Waals surface area (Å²) < 4.78 is 0. The normalized spacial score (nSPS) is 10.5. The van der Waals surface area contributed by atoms with E-state index in [0.717, 1.165) is 5.56 Å². The number of halogens is 2. The molecule has 0 saturated carbocycles. The minimum absolute atomic E-state index is 0.0133. The van der Waals surface area contributed by atoms with Gasteiger partial charge in [-0.15, -0.1) is 10.2 Å². The zero-order valence-electron chi connectivity index (χ0n) is 11.5. The Kier molecular flexibility index (Phi) is 4.65. The molecule has 0 atom stereocenters. The predicted octanol–water partition coefficient (Wildman–Crippen LogP) is 3.46. The molecular weight excluding hydrogens is 313 g/mol. The van der Waals surface area contributed by atoms with Crippen LogP contribution in [0.25, 0.3) is 0 Å². The summed E-state index contributed by atoms with van der Waals surface area (Å²) in [5.41, 5.74) is 1.62. The highest BCUT2D eigenvalue weighted by molar-refractivity contribution is 6.34. The van der Waals surface area contributed by atoms with Crippen LogP contribution in [-0.2, 0) is 0 Å². The van der Waals surface area contributed by atoms with E-state index in [1.54, 1.807) is 12.1 Å². The minimum atomic E-state index is -0.354. The molecule has 0 aliphatic heterocycles. The number of benzene rings is 1. The van der Waals surface area contributed by atoms with Gasteiger partial charge < -0.3 is 10.0 Å². The third kappa shape index (κ3) is 3.25. The predicted molar refractivity (Wildman–Crippen MR) is 82.2 cm³/mol. The van der Waals surface area contributed by atoms with E-state index in [1.807, 2.05) is 13.8 Å². The van der Waals surface area contributed by atoms with Gasteiger partial charge in [-0.25, -0.2) is 0 Å². The summed E-state index contributed by atoms with van der Waals surface area (Å²) in [5.74, 6) is -0.271. The van der Waals surface area contributed by atoms with Crippen LogP contribution in [0.15, 0.2) is 24.3 Å². The smallest absolute Gasteiger partial charge is 0.261 e. The summed E-state index contributed by atoms with van der Waals surface area (Å²) in [4.78, 5) is 14.1. The molecule has 5 nitrogen and oxygen atoms in total. The van der Waals surface area contributed by atoms with Gasteiger partial charge in [-0.2, -0.15) is 0 Å². The minimum Gasteiger partial charge on any atom is -0.508 e. The number of phenols is 1. The zero-order chi connectivity index (χ0) is 15.6. The van der Waals surface area contributed by atoms with Crippen molar-refractivity contribution in [2.75, 3.05) is 11.4 Å². The molecule has 1 amide bonds. The number of aryl methyl sites for hydroxylation is 1. The summed E-state index contributed by atoms with van der Waals surface area (Å²) in [7, 11) is 0. The number of hydrogen-bond donors (Lipinski definition) is 1. The number of phenolic OH excluding ortho intramolecular Hbond substituents is 1. The molecule has 0 saturated heterocycles. The Hall–Kier alpha value is -1.85. The molecule has 0 aliphatic carbocycles. The first-order valence-electron chi connectivity index (χ1n) is 6.24. The highest BCUT2D eigenvalue weighted by Crippen LogP contribution is 2.27. The third-order valence-electron chi connectivity index (χ3n) is 2.99. The average Bonchev–Trinajstić information content (AvgIpc) is 2.46. The van der Waals surface area contributed by atoms with Gasteiger partial charge >= 0.3 is 0 Å². The van der Waals surface area contributed by atoms with Crippen molar-refractivity contribution in [2.24, 2.45) is 0 Å². The van der Waals surface area contributed by atoms with Crippen LogP contribution in [0.2, 0.25) is 10.3 Å². The first-order valence-corrected chi connectivity index (χ1v) is 6.99. The maximum Gasteiger partial charge on any atom is 0.261 e. The highest BCUT2D eigenvalue weighted by atomic mass is 35.5. The summed E-state index contributed by atoms with van der Waals surface area (Å²) >= 11 is 11.7. The number of hydrogen-bond acceptors (Lipinski definition) is 4. The van der Waals surface area contributed by atoms with Gasteiger partial charge in [0.05, 0.1) is 11.3 Å². The monoisotopic (exact) mass is 325 g/mol. The van der Waals surface area contributed by atoms with E-state index in [0.29, 0.717) is 12.2 Å². The number of anilines is 1. The van der Waals surface area contributed by atoms with Crippen LogP contribution in [0.1, 0.15) is 22.8 Å². The van der Waals surface area contributed by atoms with Crippen molar-refractivity contribution in [3.63, 3.8) is 0 Å². The van der Waals surface area contributed by atoms with Crippen molar-refractivity contribution < 1.29 is 9.90 Å². The van der Waals surface area contributed by atoms with E-state index in [1.165, 1.54) is 17.0 Å². The maximum atomic E-state index is 12.6. The summed E-state index contributed by atoms with van der Waals surface area (Å²) in [6.07, 6.45) is 0. The second kappa shape index (κ2) is 6.28. The van der Waals surface area contributed by atoms with Gasteiger partial charge in [0.1, 0.15) is 5.75 Å². The molecule has 21 heavy (non-hydrogen) atoms. The van der Waals surface area contributed by atoms with E-state index in [-0.39, 0.29) is 27.5 Å². The van der Waals surface area contributed by atoms with Crippen LogP contribution >= 0.6 is 23.2 Å². The SMILES string of the molecule is CCN(C(=O)c1cc(Cl)nnc1Cl)c1cc(O)ccc1C. The molecule has 0 radical (unpaired) electrons. The van der Waals surface area contributed by atoms with Crippen molar-refractivity contribution >= 4 is 34.8 Å². The second-order valence-electron chi connectivity index (χ2n) is 4.39. The van der Waals surface area contributed by atoms with E-state index in [4.69, 9.17) is 23.2 Å². The Morgan fingerprint density at radius 3 is 2.67 bits per heavy atom. The van der Waals surface area contributed by atoms with Crippen LogP contribution in [-0.4, -0.2) is 27.8 Å². The van der Waals surface area contributed by atoms with Crippen LogP contribution in [0.3, 0.4) is 0 Å². The fraction of sp³-hybridized carbons (Fsp3) is 0.214. The molecular formula is C14H13Cl2N3O2. The van der Waals surface area contributed by atoms with E-state index >= 15 is 0 Å². The van der Waals surface area contributed by atoms with Crippen molar-refractivity contribution in [3.8, 4) is 5.75 Å². The first kappa shape index (κ1) is 15.5. The molecule has 0 aliphatic rings. The molecule has 0 unspecified atom stereocenters. The standard InChI is InChI=1S/C14H13Cl2N3O2/c1-3-19(11-6-9(20)5-4-8(11)2)14(21)10-7-12(15)17-18-13(10)16/h4-7,20H,3H2,1-2H3. The lowest BCUT2D eigenvalue weighted by Gasteiger charge is -2.23. The Bertz CT molecular complexity index is 692. The van der Waals surface area contributed by atoms with Gasteiger partial charge in [-0.1, -0.05) is 29.3 Å². The average molecular weight is 326 g/mol. The van der Waals surface area contributed by atoms with Crippen LogP contribution in [0.5, 0.6) is 5.75 Å². The number of aromatic hydroxyl groups is 1. The van der Waals surface area contributed by atoms with Gasteiger partial charge in [0.15, 0.2) is 10.3 Å². The van der Waals surface area contributed by atoms with Crippen molar-refractivity contribution in [1.29, 1.82) is 0 Å². The molecule has 0 fully saturated rings. The number of amides is 1. The Balaban J connectivity index is 2.48. The Labute approximate surface area is 132 Å². The number of nitrogens with zero attached hydrogens (tertiary/aromatic N) is 3. The quantitative estimate of drug-likeness (QED) is 0.938. The molecule has 1 N–H and O–H groups in total. The molecule has 0 spiro atoms. The Morgan fingerprint density at radius 2 is 2.00 bits per heavy atom. The Morgan fingerprint density at radius 1 is 1.29 bits per heavy atom. The topological polar surface area (TPSA) is 66.3 Å². The fourth-order valence-electron chi connectivity index (χ4n) is 1.96. The van der Waals surface area contributed by atoms with Crippen LogP contribution < -0.4 is 4.90 Å². The molecule has 7 heteroatoms. The fourth-order valence-corrected chi connectivity index (χ4v) is 2.28. The zero-order valence-corrected chi connectivity index (χ0v) is 13.0. The third-order valence-corrected chi connectivity index (χ3v) is 3.46. The number of carbonyl (C=O) groups is 1. The van der Waals surface area contributed by atoms with Crippen molar-refractivity contribution in [2.45, 2.75) is 13.8 Å². The lowest BCUT2D eigenvalue weighted by molar-refractivity contribution is 0.0988. The lowest BCUT2D eigenvalue weighted by atomic mass is 10.1. The second-order valence-corrected chi connectivity index (χ2v) is 5.14. The van der Waals surface area contributed by atoms with Gasteiger partial charge in [0.25, 0.3) is 5.91 Å². The number of aromatic nitrogens is 2. The first-order chi connectivity index (χ1) is 9.93. The lowest BCUT2D eigenvalue weighted by Crippen LogP contribution is -2.31. The highest BCUT2D eigenvalue weighted by Gasteiger charge is 2.22. The molecule has 110 valence electrons. The van der Waals surface area contributed by atoms with E-state index in [2.05, 4.69) is 10.2 Å². The maximum absolute atomic E-state index is 12.6. The van der Waals surface area contributed by atoms with Gasteiger partial charge in [-0.3, -0.25) is 4.79 Å². The molecule has 1 aromatic carbocycles. The number of carbonyl (C=O) groups excluding carboxylic acids is 1. The molecule has 2 aromatic rings. The van der Waals surface area contributed by atoms with Crippen molar-refractivity contribution in [3.05, 3.63) is 45.7 Å². The largest absolute Gasteiger partial charge is 0.508 e. The summed E-state index contributed by atoms with van der Waals surface area (Å²) in [6, 6.07) is 6.20. The van der Waals surface area contributed by atoms with Crippen LogP contribution in [0, 0.1) is 6.92 Å². The van der Waals surface area contributed by atoms with E-state index in [9.17, 15) is 9.90 Å².